The molecule has 1 aromatic heterocycles. The number of esters is 1. The number of carbonyl (C=O) groups excluding carboxylic acids is 6. The van der Waals surface area contributed by atoms with E-state index in [1.807, 2.05) is 72.8 Å². The lowest BCUT2D eigenvalue weighted by Crippen LogP contribution is -2.70. The topological polar surface area (TPSA) is 183 Å². The zero-order chi connectivity index (χ0) is 48.0. The summed E-state index contributed by atoms with van der Waals surface area (Å²) in [5.41, 5.74) is 2.16. The quantitative estimate of drug-likeness (QED) is 0.0351. The van der Waals surface area contributed by atoms with Crippen LogP contribution in [0.3, 0.4) is 0 Å². The van der Waals surface area contributed by atoms with Crippen molar-refractivity contribution < 1.29 is 57.0 Å². The lowest BCUT2D eigenvalue weighted by molar-refractivity contribution is -0.684. The van der Waals surface area contributed by atoms with Crippen LogP contribution in [0.2, 0.25) is 0 Å². The van der Waals surface area contributed by atoms with E-state index in [1.165, 1.54) is 35.9 Å². The minimum absolute atomic E-state index is 0.0121. The number of thioether (sulfide) groups is 1. The Morgan fingerprint density at radius 1 is 0.851 bits per heavy atom. The number of hydrogen-bond donors (Lipinski definition) is 2. The van der Waals surface area contributed by atoms with Gasteiger partial charge in [-0.3, -0.25) is 19.3 Å². The summed E-state index contributed by atoms with van der Waals surface area (Å²) in [6, 6.07) is 25.9. The number of methoxy groups -OCH3 is 1. The van der Waals surface area contributed by atoms with Crippen LogP contribution in [0.15, 0.2) is 126 Å². The largest absolute Gasteiger partial charge is 0.514 e. The number of rotatable bonds is 13. The molecule has 2 fully saturated rings. The van der Waals surface area contributed by atoms with E-state index in [0.29, 0.717) is 36.3 Å². The maximum atomic E-state index is 14.5. The molecule has 2 unspecified atom stereocenters. The van der Waals surface area contributed by atoms with Gasteiger partial charge in [0.15, 0.2) is 30.0 Å². The molecule has 3 aliphatic rings. The Morgan fingerprint density at radius 3 is 2.10 bits per heavy atom. The molecule has 0 aliphatic carbocycles. The van der Waals surface area contributed by atoms with Gasteiger partial charge in [-0.1, -0.05) is 60.7 Å². The summed E-state index contributed by atoms with van der Waals surface area (Å²) >= 11 is 1.37. The van der Waals surface area contributed by atoms with Crippen molar-refractivity contribution >= 4 is 53.4 Å². The van der Waals surface area contributed by atoms with Gasteiger partial charge in [-0.05, 0) is 88.4 Å². The van der Waals surface area contributed by atoms with Gasteiger partial charge in [-0.2, -0.15) is 4.57 Å². The number of carbonyl (C=O) groups is 6. The van der Waals surface area contributed by atoms with Gasteiger partial charge in [-0.25, -0.2) is 14.4 Å². The van der Waals surface area contributed by atoms with E-state index < -0.39 is 52.8 Å². The van der Waals surface area contributed by atoms with Crippen LogP contribution >= 0.6 is 11.8 Å². The lowest BCUT2D eigenvalue weighted by atomic mass is 10.00. The second-order valence-electron chi connectivity index (χ2n) is 18.0. The van der Waals surface area contributed by atoms with Crippen molar-refractivity contribution in [2.75, 3.05) is 24.7 Å². The molecule has 4 amide bonds. The van der Waals surface area contributed by atoms with E-state index in [4.69, 9.17) is 23.7 Å². The predicted octanol–water partition coefficient (Wildman–Crippen LogP) is 6.99. The predicted molar refractivity (Wildman–Crippen MR) is 247 cm³/mol. The van der Waals surface area contributed by atoms with Crippen molar-refractivity contribution in [2.45, 2.75) is 89.8 Å². The molecule has 0 bridgehead atoms. The molecule has 7 rings (SSSR count). The Labute approximate surface area is 393 Å². The minimum atomic E-state index is -0.936. The van der Waals surface area contributed by atoms with Gasteiger partial charge >= 0.3 is 18.2 Å². The fourth-order valence-electron chi connectivity index (χ4n) is 7.56. The number of amides is 4. The number of aromatic nitrogens is 1. The van der Waals surface area contributed by atoms with E-state index in [2.05, 4.69) is 10.6 Å². The molecule has 2 N–H and O–H groups in total. The van der Waals surface area contributed by atoms with Gasteiger partial charge in [0, 0.05) is 48.3 Å². The number of nitrogens with zero attached hydrogens (tertiary/aromatic N) is 3. The zero-order valence-corrected chi connectivity index (χ0v) is 39.2. The van der Waals surface area contributed by atoms with Crippen LogP contribution in [-0.4, -0.2) is 87.8 Å². The van der Waals surface area contributed by atoms with Crippen LogP contribution in [0.5, 0.6) is 11.5 Å². The van der Waals surface area contributed by atoms with Crippen LogP contribution in [-0.2, 0) is 46.5 Å². The zero-order valence-electron chi connectivity index (χ0n) is 38.4. The van der Waals surface area contributed by atoms with Crippen molar-refractivity contribution in [1.29, 1.82) is 0 Å². The van der Waals surface area contributed by atoms with Crippen LogP contribution in [0, 0.1) is 0 Å². The van der Waals surface area contributed by atoms with Crippen molar-refractivity contribution in [3.63, 3.8) is 0 Å². The molecule has 3 aromatic carbocycles. The third-order valence-corrected chi connectivity index (χ3v) is 11.8. The highest BCUT2D eigenvalue weighted by Gasteiger charge is 2.55. The summed E-state index contributed by atoms with van der Waals surface area (Å²) in [5, 5.41) is 4.88. The van der Waals surface area contributed by atoms with Gasteiger partial charge in [0.25, 0.3) is 11.8 Å². The standard InChI is InChI=1S/C50H53N5O11S/c1-49(2,3)65-47(60)52-40-44(58)55-41(46(59)64-42(32-14-10-8-11-15-32)33-16-12-9-13-17-33)35(30-67-45(40)55)26-34-22-25-54(43(34)57)28-31-20-23-53(24-21-31)29-39(56)51-36-18-19-37(38(27-36)62-7)63-48(61)66-50(4,5)6/h8-21,23-24,26-27,40,42,45H,22,25,28-30H2,1-7H3,(H-,51,52,56,60)/p+1. The third kappa shape index (κ3) is 12.0. The number of alkyl carbamates (subject to hydrolysis) is 1. The first-order valence-corrected chi connectivity index (χ1v) is 22.8. The molecule has 4 aromatic rings. The lowest BCUT2D eigenvalue weighted by Gasteiger charge is -2.49. The Bertz CT molecular complexity index is 2550. The monoisotopic (exact) mass is 932 g/mol. The van der Waals surface area contributed by atoms with E-state index in [1.54, 1.807) is 75.5 Å². The SMILES string of the molecule is COc1cc(NC(=O)C[n+]2ccc(CN3CCC(=CC4=C(C(=O)OC(c5ccccc5)c5ccccc5)N5C(=O)C(NC(=O)OC(C)(C)C)C5SC4)C3=O)cc2)ccc1OC(=O)OC(C)(C)C. The Hall–Kier alpha value is -7.14. The summed E-state index contributed by atoms with van der Waals surface area (Å²) in [6.07, 6.45) is 3.16. The average molecular weight is 933 g/mol. The van der Waals surface area contributed by atoms with Crippen molar-refractivity contribution in [3.05, 3.63) is 143 Å². The molecule has 2 atom stereocenters. The fraction of sp³-hybridized carbons (Fsp3) is 0.340. The van der Waals surface area contributed by atoms with Crippen molar-refractivity contribution in [2.24, 2.45) is 0 Å². The van der Waals surface area contributed by atoms with Crippen LogP contribution < -0.4 is 24.7 Å². The van der Waals surface area contributed by atoms with Crippen LogP contribution in [0.25, 0.3) is 0 Å². The highest BCUT2D eigenvalue weighted by Crippen LogP contribution is 2.43. The number of benzene rings is 3. The van der Waals surface area contributed by atoms with Crippen molar-refractivity contribution in [1.82, 2.24) is 15.1 Å². The van der Waals surface area contributed by atoms with Gasteiger partial charge in [0.05, 0.1) is 7.11 Å². The summed E-state index contributed by atoms with van der Waals surface area (Å²) in [6.45, 7) is 11.1. The number of β-lactam (4-membered cyclic amide) rings is 1. The minimum Gasteiger partial charge on any atom is -0.493 e. The molecule has 0 spiro atoms. The molecular weight excluding hydrogens is 879 g/mol. The third-order valence-electron chi connectivity index (χ3n) is 10.5. The van der Waals surface area contributed by atoms with E-state index in [-0.39, 0.29) is 41.3 Å². The number of anilines is 1. The molecule has 2 saturated heterocycles. The van der Waals surface area contributed by atoms with E-state index >= 15 is 0 Å². The van der Waals surface area contributed by atoms with Crippen molar-refractivity contribution in [3.8, 4) is 11.5 Å². The Balaban J connectivity index is 1.04. The molecule has 0 saturated carbocycles. The molecular formula is C50H54N5O11S+. The average Bonchev–Trinajstić information content (AvgIpc) is 3.61. The number of nitrogens with one attached hydrogen (secondary N) is 2. The Morgan fingerprint density at radius 2 is 1.49 bits per heavy atom. The molecule has 67 heavy (non-hydrogen) atoms. The number of hydrogen-bond acceptors (Lipinski definition) is 12. The fourth-order valence-corrected chi connectivity index (χ4v) is 8.87. The van der Waals surface area contributed by atoms with E-state index in [9.17, 15) is 28.8 Å². The van der Waals surface area contributed by atoms with Gasteiger partial charge in [0.1, 0.15) is 28.3 Å². The molecule has 0 radical (unpaired) electrons. The maximum Gasteiger partial charge on any atom is 0.514 e. The second-order valence-corrected chi connectivity index (χ2v) is 19.1. The smallest absolute Gasteiger partial charge is 0.493 e. The van der Waals surface area contributed by atoms with Crippen LogP contribution in [0.1, 0.15) is 70.8 Å². The summed E-state index contributed by atoms with van der Waals surface area (Å²) in [5.74, 6) is -1.15. The second kappa shape index (κ2) is 20.2. The van der Waals surface area contributed by atoms with Crippen LogP contribution in [0.4, 0.5) is 15.3 Å². The number of ether oxygens (including phenoxy) is 5. The molecule has 4 heterocycles. The van der Waals surface area contributed by atoms with Gasteiger partial charge < -0.3 is 39.2 Å². The molecule has 16 nitrogen and oxygen atoms in total. The summed E-state index contributed by atoms with van der Waals surface area (Å²) < 4.78 is 29.2. The number of pyridine rings is 1. The molecule has 3 aliphatic heterocycles. The molecule has 17 heteroatoms. The normalized spacial score (nSPS) is 17.7. The first-order valence-electron chi connectivity index (χ1n) is 21.7. The highest BCUT2D eigenvalue weighted by atomic mass is 32.2. The highest BCUT2D eigenvalue weighted by molar-refractivity contribution is 8.00. The maximum absolute atomic E-state index is 14.5. The summed E-state index contributed by atoms with van der Waals surface area (Å²) in [7, 11) is 1.42. The molecule has 350 valence electrons. The summed E-state index contributed by atoms with van der Waals surface area (Å²) in [4.78, 5) is 83.3. The number of fused-ring (bicyclic) bond motifs is 1. The first-order chi connectivity index (χ1) is 31.9. The van der Waals surface area contributed by atoms with Gasteiger partial charge in [-0.15, -0.1) is 11.8 Å². The Kier molecular flexibility index (Phi) is 14.4. The first kappa shape index (κ1) is 47.8. The number of allylic oxidation sites excluding steroid dienone is 1. The van der Waals surface area contributed by atoms with E-state index in [0.717, 1.165) is 16.7 Å². The number of likely N-dealkylation sites (tertiary alicyclic amines) is 1. The van der Waals surface area contributed by atoms with Gasteiger partial charge in [0.2, 0.25) is 12.5 Å².